The maximum Gasteiger partial charge on any atom is 0.126 e. The van der Waals surface area contributed by atoms with E-state index in [4.69, 9.17) is 0 Å². The van der Waals surface area contributed by atoms with Gasteiger partial charge in [0.2, 0.25) is 0 Å². The average molecular weight is 211 g/mol. The van der Waals surface area contributed by atoms with Gasteiger partial charge in [-0.3, -0.25) is 0 Å². The van der Waals surface area contributed by atoms with E-state index in [0.717, 1.165) is 11.8 Å². The molecule has 0 saturated carbocycles. The normalized spacial score (nSPS) is 13.1. The lowest BCUT2D eigenvalue weighted by Crippen LogP contribution is -2.03. The Labute approximate surface area is 82.2 Å². The van der Waals surface area contributed by atoms with Gasteiger partial charge in [0.1, 0.15) is 5.67 Å². The molecule has 0 aromatic carbocycles. The van der Waals surface area contributed by atoms with Gasteiger partial charge in [-0.15, -0.1) is 0 Å². The first-order valence-corrected chi connectivity index (χ1v) is 8.62. The molecule has 0 amide bonds. The van der Waals surface area contributed by atoms with Crippen molar-refractivity contribution in [3.63, 3.8) is 0 Å². The summed E-state index contributed by atoms with van der Waals surface area (Å²) in [5.74, 6) is 1.47. The van der Waals surface area contributed by atoms with E-state index in [-0.39, 0.29) is 0 Å². The molecule has 0 radical (unpaired) electrons. The molecule has 0 N–H and O–H groups in total. The molecule has 0 fully saturated rings. The molecule has 0 aliphatic heterocycles. The first kappa shape index (κ1) is 12.1. The predicted octanol–water partition coefficient (Wildman–Crippen LogP) is 4.01. The molecule has 0 atom stereocenters. The maximum absolute atomic E-state index is 4.64. The van der Waals surface area contributed by atoms with E-state index >= 15 is 0 Å². The third-order valence-electron chi connectivity index (χ3n) is 1.32. The number of rotatable bonds is 4. The summed E-state index contributed by atoms with van der Waals surface area (Å²) >= 11 is 9.28. The van der Waals surface area contributed by atoms with Crippen molar-refractivity contribution in [1.82, 2.24) is 0 Å². The molecule has 0 aromatic rings. The summed E-state index contributed by atoms with van der Waals surface area (Å²) in [7, 11) is 0. The summed E-state index contributed by atoms with van der Waals surface area (Å²) < 4.78 is 0. The highest BCUT2D eigenvalue weighted by Gasteiger charge is 2.31. The van der Waals surface area contributed by atoms with Gasteiger partial charge in [-0.1, -0.05) is 27.7 Å². The highest BCUT2D eigenvalue weighted by molar-refractivity contribution is 8.85. The van der Waals surface area contributed by atoms with Crippen molar-refractivity contribution in [2.75, 3.05) is 12.3 Å². The molecule has 0 bridgehead atoms. The molecular weight excluding hydrogens is 191 g/mol. The molecule has 68 valence electrons. The van der Waals surface area contributed by atoms with Gasteiger partial charge in [0.05, 0.1) is 12.3 Å². The molecule has 0 nitrogen and oxygen atoms in total. The van der Waals surface area contributed by atoms with Gasteiger partial charge >= 0.3 is 0 Å². The van der Waals surface area contributed by atoms with E-state index in [1.807, 2.05) is 0 Å². The third-order valence-corrected chi connectivity index (χ3v) is 5.90. The van der Waals surface area contributed by atoms with Crippen molar-refractivity contribution in [1.29, 1.82) is 0 Å². The van der Waals surface area contributed by atoms with Crippen LogP contribution in [-0.4, -0.2) is 12.3 Å². The summed E-state index contributed by atoms with van der Waals surface area (Å²) in [6.45, 7) is 8.95. The fraction of sp³-hybridized carbons (Fsp3) is 1.00. The molecular formula is C8H20PS2+. The van der Waals surface area contributed by atoms with Gasteiger partial charge in [-0.2, -0.15) is 0 Å². The van der Waals surface area contributed by atoms with Crippen LogP contribution in [0.4, 0.5) is 0 Å². The van der Waals surface area contributed by atoms with Crippen molar-refractivity contribution >= 4 is 30.2 Å². The topological polar surface area (TPSA) is 0 Å². The predicted molar refractivity (Wildman–Crippen MR) is 64.3 cm³/mol. The standard InChI is InChI=1S/C8H20PS2/c1-7(2)5-9(10,11)6-8(3)4/h7-8,10-11H,5-6H2,1-4H3/q+1. The number of hydrogen-bond donors (Lipinski definition) is 2. The lowest BCUT2D eigenvalue weighted by atomic mass is 10.3. The van der Waals surface area contributed by atoms with Crippen molar-refractivity contribution in [3.8, 4) is 0 Å². The highest BCUT2D eigenvalue weighted by Crippen LogP contribution is 2.69. The monoisotopic (exact) mass is 211 g/mol. The maximum atomic E-state index is 4.64. The first-order valence-electron chi connectivity index (χ1n) is 4.16. The number of hydrogen-bond acceptors (Lipinski definition) is 2. The van der Waals surface area contributed by atoms with Crippen molar-refractivity contribution in [2.45, 2.75) is 27.7 Å². The zero-order chi connectivity index (χ0) is 9.07. The minimum absolute atomic E-state index is 0.733. The summed E-state index contributed by atoms with van der Waals surface area (Å²) in [5, 5.41) is 0. The van der Waals surface area contributed by atoms with Gasteiger partial charge in [-0.25, -0.2) is 0 Å². The van der Waals surface area contributed by atoms with Gasteiger partial charge in [0.25, 0.3) is 0 Å². The fourth-order valence-corrected chi connectivity index (χ4v) is 7.65. The van der Waals surface area contributed by atoms with Crippen LogP contribution >= 0.6 is 30.2 Å². The minimum Gasteiger partial charge on any atom is -0.0592 e. The van der Waals surface area contributed by atoms with E-state index in [1.54, 1.807) is 0 Å². The molecule has 11 heavy (non-hydrogen) atoms. The quantitative estimate of drug-likeness (QED) is 0.509. The van der Waals surface area contributed by atoms with Crippen molar-refractivity contribution in [3.05, 3.63) is 0 Å². The van der Waals surface area contributed by atoms with Crippen LogP contribution in [0.5, 0.6) is 0 Å². The molecule has 0 rings (SSSR count). The van der Waals surface area contributed by atoms with Crippen LogP contribution in [0.15, 0.2) is 0 Å². The molecule has 0 spiro atoms. The van der Waals surface area contributed by atoms with E-state index in [2.05, 4.69) is 52.2 Å². The van der Waals surface area contributed by atoms with E-state index in [0.29, 0.717) is 0 Å². The third kappa shape index (κ3) is 7.49. The van der Waals surface area contributed by atoms with Crippen molar-refractivity contribution in [2.24, 2.45) is 11.8 Å². The van der Waals surface area contributed by atoms with Crippen LogP contribution in [0.25, 0.3) is 0 Å². The second-order valence-electron chi connectivity index (χ2n) is 4.03. The second-order valence-corrected chi connectivity index (χ2v) is 12.1. The molecule has 0 unspecified atom stereocenters. The highest BCUT2D eigenvalue weighted by atomic mass is 33.1. The average Bonchev–Trinajstić information content (AvgIpc) is 1.53. The Hall–Kier alpha value is 1.13. The van der Waals surface area contributed by atoms with Gasteiger partial charge in [0.15, 0.2) is 0 Å². The Morgan fingerprint density at radius 3 is 1.36 bits per heavy atom. The molecule has 3 heteroatoms. The Morgan fingerprint density at radius 1 is 0.909 bits per heavy atom. The molecule has 0 aromatic heterocycles. The van der Waals surface area contributed by atoms with Crippen LogP contribution in [0.2, 0.25) is 0 Å². The largest absolute Gasteiger partial charge is 0.126 e. The van der Waals surface area contributed by atoms with Crippen LogP contribution in [0, 0.1) is 11.8 Å². The molecule has 0 heterocycles. The van der Waals surface area contributed by atoms with Crippen LogP contribution < -0.4 is 0 Å². The van der Waals surface area contributed by atoms with Crippen LogP contribution in [-0.2, 0) is 0 Å². The summed E-state index contributed by atoms with van der Waals surface area (Å²) in [5.41, 5.74) is -1.17. The van der Waals surface area contributed by atoms with Gasteiger partial charge in [0, 0.05) is 24.5 Å². The Kier molecular flexibility index (Phi) is 5.50. The zero-order valence-electron chi connectivity index (χ0n) is 7.91. The SMILES string of the molecule is CC(C)C[P+](S)(S)CC(C)C. The molecule has 0 saturated heterocycles. The van der Waals surface area contributed by atoms with E-state index in [1.165, 1.54) is 12.3 Å². The lowest BCUT2D eigenvalue weighted by Gasteiger charge is -2.17. The summed E-state index contributed by atoms with van der Waals surface area (Å²) in [6.07, 6.45) is 2.38. The minimum atomic E-state index is -1.17. The van der Waals surface area contributed by atoms with Gasteiger partial charge < -0.3 is 0 Å². The fourth-order valence-electron chi connectivity index (χ4n) is 1.24. The second kappa shape index (κ2) is 4.99. The Morgan fingerprint density at radius 2 is 1.18 bits per heavy atom. The summed E-state index contributed by atoms with van der Waals surface area (Å²) in [4.78, 5) is 0. The zero-order valence-corrected chi connectivity index (χ0v) is 10.6. The summed E-state index contributed by atoms with van der Waals surface area (Å²) in [6, 6.07) is 0. The Balaban J connectivity index is 3.79. The Bertz CT molecular complexity index is 98.7. The smallest absolute Gasteiger partial charge is 0.0592 e. The van der Waals surface area contributed by atoms with Gasteiger partial charge in [-0.05, 0) is 11.8 Å². The lowest BCUT2D eigenvalue weighted by molar-refractivity contribution is 0.722. The molecule has 0 aliphatic carbocycles. The van der Waals surface area contributed by atoms with E-state index < -0.39 is 5.67 Å². The molecule has 0 aliphatic rings. The van der Waals surface area contributed by atoms with E-state index in [9.17, 15) is 0 Å². The van der Waals surface area contributed by atoms with Crippen molar-refractivity contribution < 1.29 is 0 Å². The van der Waals surface area contributed by atoms with Crippen LogP contribution in [0.3, 0.4) is 0 Å². The first-order chi connectivity index (χ1) is 4.83. The number of thiol groups is 2. The van der Waals surface area contributed by atoms with Crippen LogP contribution in [0.1, 0.15) is 27.7 Å².